The van der Waals surface area contributed by atoms with Crippen molar-refractivity contribution in [3.63, 3.8) is 0 Å². The predicted octanol–water partition coefficient (Wildman–Crippen LogP) is 0.765. The van der Waals surface area contributed by atoms with E-state index in [1.165, 1.54) is 34.2 Å². The maximum atomic E-state index is 13.4. The summed E-state index contributed by atoms with van der Waals surface area (Å²) in [4.78, 5) is 72.8. The Hall–Kier alpha value is -4.59. The normalized spacial score (nSPS) is 25.8. The van der Waals surface area contributed by atoms with Crippen LogP contribution < -0.4 is 16.4 Å². The van der Waals surface area contributed by atoms with Crippen LogP contribution in [0.1, 0.15) is 35.3 Å². The second kappa shape index (κ2) is 13.6. The first-order valence-corrected chi connectivity index (χ1v) is 17.7. The van der Waals surface area contributed by atoms with Crippen molar-refractivity contribution >= 4 is 75.2 Å². The molecular formula is C30H33ClN7O10S2+. The van der Waals surface area contributed by atoms with Gasteiger partial charge < -0.3 is 46.1 Å². The van der Waals surface area contributed by atoms with Gasteiger partial charge in [-0.3, -0.25) is 19.3 Å². The van der Waals surface area contributed by atoms with E-state index in [1.807, 2.05) is 0 Å². The number of β-lactam (4-membered cyclic amide) rings is 1. The maximum absolute atomic E-state index is 13.4. The van der Waals surface area contributed by atoms with Crippen LogP contribution in [0.25, 0.3) is 0 Å². The molecule has 3 amide bonds. The number of aliphatic carboxylic acids is 2. The minimum absolute atomic E-state index is 0.0223. The van der Waals surface area contributed by atoms with Gasteiger partial charge >= 0.3 is 11.9 Å². The van der Waals surface area contributed by atoms with Crippen molar-refractivity contribution in [2.24, 2.45) is 10.6 Å². The van der Waals surface area contributed by atoms with Gasteiger partial charge in [0, 0.05) is 47.9 Å². The molecule has 4 fully saturated rings. The van der Waals surface area contributed by atoms with E-state index in [9.17, 15) is 39.3 Å². The highest BCUT2D eigenvalue weighted by Crippen LogP contribution is 2.46. The maximum Gasteiger partial charge on any atom is 0.352 e. The number of carbonyl (C=O) groups excluding carboxylic acids is 3. The first-order valence-electron chi connectivity index (χ1n) is 15.4. The highest BCUT2D eigenvalue weighted by Gasteiger charge is 2.56. The van der Waals surface area contributed by atoms with Crippen molar-refractivity contribution in [3.05, 3.63) is 45.1 Å². The lowest BCUT2D eigenvalue weighted by atomic mass is 9.70. The molecule has 0 aliphatic carbocycles. The fraction of sp³-hybridized carbons (Fsp3) is 0.433. The van der Waals surface area contributed by atoms with Crippen LogP contribution in [0.4, 0.5) is 5.13 Å². The van der Waals surface area contributed by atoms with E-state index in [-0.39, 0.29) is 38.2 Å². The summed E-state index contributed by atoms with van der Waals surface area (Å²) in [5.41, 5.74) is 5.76. The highest BCUT2D eigenvalue weighted by atomic mass is 35.5. The lowest BCUT2D eigenvalue weighted by Crippen LogP contribution is -2.71. The Morgan fingerprint density at radius 2 is 1.86 bits per heavy atom. The Kier molecular flexibility index (Phi) is 9.59. The van der Waals surface area contributed by atoms with E-state index in [0.29, 0.717) is 28.9 Å². The smallest absolute Gasteiger partial charge is 0.352 e. The van der Waals surface area contributed by atoms with Crippen molar-refractivity contribution in [1.29, 1.82) is 0 Å². The Morgan fingerprint density at radius 1 is 1.16 bits per heavy atom. The first-order chi connectivity index (χ1) is 23.7. The molecule has 0 unspecified atom stereocenters. The van der Waals surface area contributed by atoms with Crippen LogP contribution in [0.5, 0.6) is 11.5 Å². The van der Waals surface area contributed by atoms with Gasteiger partial charge in [0.25, 0.3) is 17.7 Å². The van der Waals surface area contributed by atoms with E-state index in [2.05, 4.69) is 20.8 Å². The van der Waals surface area contributed by atoms with Gasteiger partial charge in [0.2, 0.25) is 6.61 Å². The number of nitrogens with one attached hydrogen (secondary N) is 2. The zero-order valence-electron chi connectivity index (χ0n) is 26.3. The number of halogens is 1. The molecule has 5 aliphatic heterocycles. The number of rotatable bonds is 12. The van der Waals surface area contributed by atoms with Crippen molar-refractivity contribution in [2.75, 3.05) is 50.8 Å². The number of amides is 3. The summed E-state index contributed by atoms with van der Waals surface area (Å²) in [6.45, 7) is 2.27. The molecule has 4 saturated heterocycles. The van der Waals surface area contributed by atoms with Crippen LogP contribution >= 0.6 is 34.7 Å². The number of hydrogen-bond donors (Lipinski definition) is 7. The second-order valence-corrected chi connectivity index (χ2v) is 15.1. The molecule has 6 heterocycles. The molecule has 2 aromatic rings. The van der Waals surface area contributed by atoms with Gasteiger partial charge in [-0.25, -0.2) is 14.6 Å². The highest BCUT2D eigenvalue weighted by molar-refractivity contribution is 8.00. The molecule has 1 aromatic carbocycles. The third kappa shape index (κ3) is 6.64. The number of piperidine rings is 3. The van der Waals surface area contributed by atoms with Crippen molar-refractivity contribution < 1.29 is 53.7 Å². The number of anilines is 1. The molecule has 0 radical (unpaired) electrons. The van der Waals surface area contributed by atoms with Crippen molar-refractivity contribution in [3.8, 4) is 11.5 Å². The monoisotopic (exact) mass is 750 g/mol. The second-order valence-electron chi connectivity index (χ2n) is 12.7. The van der Waals surface area contributed by atoms with Crippen molar-refractivity contribution in [2.45, 2.75) is 30.7 Å². The number of benzene rings is 1. The zero-order valence-corrected chi connectivity index (χ0v) is 28.6. The average Bonchev–Trinajstić information content (AvgIpc) is 3.52. The fourth-order valence-electron chi connectivity index (χ4n) is 6.90. The molecule has 5 aliphatic rings. The number of nitrogen functional groups attached to an aromatic ring is 1. The predicted molar refractivity (Wildman–Crippen MR) is 179 cm³/mol. The summed E-state index contributed by atoms with van der Waals surface area (Å²) < 4.78 is 0.653. The first kappa shape index (κ1) is 35.2. The Balaban J connectivity index is 1.10. The van der Waals surface area contributed by atoms with Gasteiger partial charge in [-0.2, -0.15) is 0 Å². The minimum atomic E-state index is -1.32. The van der Waals surface area contributed by atoms with Gasteiger partial charge in [-0.15, -0.1) is 23.1 Å². The minimum Gasteiger partial charge on any atom is -0.504 e. The quantitative estimate of drug-likeness (QED) is 0.0521. The van der Waals surface area contributed by atoms with E-state index in [4.69, 9.17) is 27.3 Å². The summed E-state index contributed by atoms with van der Waals surface area (Å²) >= 11 is 8.42. The number of oxime groups is 1. The molecule has 1 aromatic heterocycles. The molecule has 266 valence electrons. The average molecular weight is 751 g/mol. The molecule has 50 heavy (non-hydrogen) atoms. The Bertz CT molecular complexity index is 1820. The van der Waals surface area contributed by atoms with Crippen LogP contribution in [0.2, 0.25) is 5.02 Å². The number of fused-ring (bicyclic) bond motifs is 4. The van der Waals surface area contributed by atoms with Gasteiger partial charge in [-0.1, -0.05) is 16.8 Å². The zero-order chi connectivity index (χ0) is 36.0. The number of phenols is 2. The molecular weight excluding hydrogens is 718 g/mol. The number of carboxylic acid groups (broad SMARTS) is 2. The van der Waals surface area contributed by atoms with Crippen LogP contribution in [-0.2, 0) is 24.0 Å². The fourth-order valence-corrected chi connectivity index (χ4v) is 9.03. The number of aromatic nitrogens is 1. The molecule has 8 N–H and O–H groups in total. The lowest BCUT2D eigenvalue weighted by molar-refractivity contribution is -0.941. The van der Waals surface area contributed by atoms with Gasteiger partial charge in [0.1, 0.15) is 29.4 Å². The number of thioether (sulfide) groups is 1. The topological polar surface area (TPSA) is 254 Å². The van der Waals surface area contributed by atoms with Gasteiger partial charge in [0.05, 0.1) is 30.2 Å². The third-order valence-corrected chi connectivity index (χ3v) is 12.1. The van der Waals surface area contributed by atoms with E-state index in [0.717, 1.165) is 50.2 Å². The Labute approximate surface area is 297 Å². The number of nitrogens with zero attached hydrogens (tertiary/aromatic N) is 4. The molecule has 0 saturated carbocycles. The van der Waals surface area contributed by atoms with Gasteiger partial charge in [-0.05, 0) is 12.1 Å². The van der Waals surface area contributed by atoms with Crippen LogP contribution in [0.15, 0.2) is 33.9 Å². The third-order valence-electron chi connectivity index (χ3n) is 9.70. The van der Waals surface area contributed by atoms with E-state index >= 15 is 0 Å². The number of carboxylic acids is 2. The molecule has 2 atom stereocenters. The standard InChI is InChI=1S/C30H32ClN7O10S2/c31-19-15(1-2-17(39)23(19)42)24(43)33-13-30-3-6-38(7-4-30,8-5-30)9-14-11-49-27-21(26(45)37(27)22(14)28(46)47)35-25(44)20(36-48-10-18(40)41)16-12-50-29(32)34-16/h1-2,12,21,27H,3-11,13H2,(H7-,32,33,34,35,36,39,40,41,42,43,44,46,47)/p+1/t21-,27-,30?,38?/m1/s1. The number of hydrogen-bond acceptors (Lipinski definition) is 13. The number of carbonyl (C=O) groups is 5. The molecule has 20 heteroatoms. The van der Waals surface area contributed by atoms with E-state index < -0.39 is 59.2 Å². The number of quaternary nitrogens is 1. The molecule has 7 rings (SSSR count). The summed E-state index contributed by atoms with van der Waals surface area (Å²) in [5.74, 6) is -5.14. The summed E-state index contributed by atoms with van der Waals surface area (Å²) in [5, 5.41) is 48.4. The number of thiazole rings is 1. The summed E-state index contributed by atoms with van der Waals surface area (Å²) in [6, 6.07) is 1.47. The molecule has 2 bridgehead atoms. The number of aromatic hydroxyl groups is 2. The molecule has 0 spiro atoms. The van der Waals surface area contributed by atoms with E-state index in [1.54, 1.807) is 0 Å². The number of phenolic OH excluding ortho intramolecular Hbond substituents is 2. The Morgan fingerprint density at radius 3 is 2.48 bits per heavy atom. The largest absolute Gasteiger partial charge is 0.504 e. The van der Waals surface area contributed by atoms with Crippen molar-refractivity contribution in [1.82, 2.24) is 20.5 Å². The van der Waals surface area contributed by atoms with Crippen LogP contribution in [0, 0.1) is 5.41 Å². The summed E-state index contributed by atoms with van der Waals surface area (Å²) in [6.07, 6.45) is 2.36. The van der Waals surface area contributed by atoms with Crippen LogP contribution in [-0.4, -0.2) is 127 Å². The molecule has 17 nitrogen and oxygen atoms in total. The summed E-state index contributed by atoms with van der Waals surface area (Å²) in [7, 11) is 0. The number of nitrogens with two attached hydrogens (primary N) is 1. The lowest BCUT2D eigenvalue weighted by Gasteiger charge is -2.56. The SMILES string of the molecule is Nc1nc(/C(=N/OCC(=O)O)C(=O)N[C@@H]2C(=O)N3C(C(=O)O)=C(C[N+]45CCC(CNC(=O)c6ccc(O)c(O)c6Cl)(CC4)CC5)CS[C@H]23)cs1. The van der Waals surface area contributed by atoms with Gasteiger partial charge in [0.15, 0.2) is 22.3 Å². The van der Waals surface area contributed by atoms with Crippen LogP contribution in [0.3, 0.4) is 0 Å².